The van der Waals surface area contributed by atoms with Crippen LogP contribution in [0.2, 0.25) is 0 Å². The molecule has 17 heteroatoms. The lowest BCUT2D eigenvalue weighted by Gasteiger charge is -2.35. The fourth-order valence-corrected chi connectivity index (χ4v) is 6.71. The molecule has 1 saturated carbocycles. The van der Waals surface area contributed by atoms with Gasteiger partial charge in [-0.1, -0.05) is 5.92 Å². The Balaban J connectivity index is 1.76. The first-order valence-corrected chi connectivity index (χ1v) is 19.4. The van der Waals surface area contributed by atoms with Gasteiger partial charge in [-0.2, -0.15) is 51.3 Å². The van der Waals surface area contributed by atoms with Crippen molar-refractivity contribution in [3.05, 3.63) is 76.6 Å². The normalized spacial score (nSPS) is 16.7. The van der Waals surface area contributed by atoms with E-state index in [4.69, 9.17) is 9.47 Å². The molecule has 1 fully saturated rings. The van der Waals surface area contributed by atoms with E-state index < -0.39 is 59.3 Å². The summed E-state index contributed by atoms with van der Waals surface area (Å²) in [6.45, 7) is 5.78. The maximum absolute atomic E-state index is 14.2. The maximum atomic E-state index is 14.2. The van der Waals surface area contributed by atoms with Crippen LogP contribution in [0.25, 0.3) is 0 Å². The predicted molar refractivity (Wildman–Crippen MR) is 196 cm³/mol. The van der Waals surface area contributed by atoms with Crippen LogP contribution in [0, 0.1) is 23.7 Å². The molecule has 0 spiro atoms. The van der Waals surface area contributed by atoms with Crippen molar-refractivity contribution in [2.45, 2.75) is 77.6 Å². The lowest BCUT2D eigenvalue weighted by molar-refractivity contribution is -0.143. The summed E-state index contributed by atoms with van der Waals surface area (Å²) >= 11 is 1.52. The molecule has 1 atom stereocenters. The minimum Gasteiger partial charge on any atom is -0.489 e. The second-order valence-corrected chi connectivity index (χ2v) is 14.3. The number of hydrogen-bond acceptors (Lipinski definition) is 8. The Morgan fingerprint density at radius 2 is 1.50 bits per heavy atom. The average molecular weight is 819 g/mol. The molecule has 4 rings (SSSR count). The maximum Gasteiger partial charge on any atom is 0.416 e. The Morgan fingerprint density at radius 1 is 0.893 bits per heavy atom. The number of alkyl halides is 9. The summed E-state index contributed by atoms with van der Waals surface area (Å²) in [5, 5.41) is 0. The summed E-state index contributed by atoms with van der Waals surface area (Å²) in [6.07, 6.45) is -7.72. The van der Waals surface area contributed by atoms with Gasteiger partial charge in [0, 0.05) is 42.9 Å². The van der Waals surface area contributed by atoms with Gasteiger partial charge in [0.25, 0.3) is 0 Å². The summed E-state index contributed by atoms with van der Waals surface area (Å²) in [6, 6.07) is 3.10. The third-order valence-electron chi connectivity index (χ3n) is 9.44. The Labute approximate surface area is 324 Å². The number of hydrogen-bond donors (Lipinski definition) is 0. The Kier molecular flexibility index (Phi) is 15.2. The third-order valence-corrected chi connectivity index (χ3v) is 10.0. The highest BCUT2D eigenvalue weighted by molar-refractivity contribution is 7.98. The summed E-state index contributed by atoms with van der Waals surface area (Å²) < 4.78 is 137. The zero-order valence-electron chi connectivity index (χ0n) is 31.2. The van der Waals surface area contributed by atoms with Crippen molar-refractivity contribution in [1.82, 2.24) is 9.97 Å². The van der Waals surface area contributed by atoms with Gasteiger partial charge in [-0.3, -0.25) is 0 Å². The summed E-state index contributed by atoms with van der Waals surface area (Å²) in [5.74, 6) is 5.70. The number of benzene rings is 2. The number of esters is 1. The van der Waals surface area contributed by atoms with Crippen molar-refractivity contribution < 1.29 is 53.8 Å². The lowest BCUT2D eigenvalue weighted by atomic mass is 9.82. The van der Waals surface area contributed by atoms with Gasteiger partial charge in [-0.15, -0.1) is 0 Å². The van der Waals surface area contributed by atoms with E-state index in [9.17, 15) is 44.3 Å². The van der Waals surface area contributed by atoms with Crippen LogP contribution in [0.4, 0.5) is 51.1 Å². The van der Waals surface area contributed by atoms with Gasteiger partial charge in [0.1, 0.15) is 0 Å². The molecule has 7 nitrogen and oxygen atoms in total. The first kappa shape index (κ1) is 44.4. The van der Waals surface area contributed by atoms with E-state index >= 15 is 0 Å². The molecule has 56 heavy (non-hydrogen) atoms. The van der Waals surface area contributed by atoms with Gasteiger partial charge < -0.3 is 19.3 Å². The highest BCUT2D eigenvalue weighted by Crippen LogP contribution is 2.41. The van der Waals surface area contributed by atoms with Crippen molar-refractivity contribution in [3.8, 4) is 17.6 Å². The van der Waals surface area contributed by atoms with Crippen LogP contribution < -0.4 is 14.5 Å². The highest BCUT2D eigenvalue weighted by Gasteiger charge is 2.38. The van der Waals surface area contributed by atoms with Crippen LogP contribution in [0.1, 0.15) is 80.3 Å². The first-order chi connectivity index (χ1) is 26.3. The van der Waals surface area contributed by atoms with Gasteiger partial charge in [-0.05, 0) is 106 Å². The molecule has 2 aromatic carbocycles. The van der Waals surface area contributed by atoms with E-state index in [0.717, 1.165) is 25.0 Å². The summed E-state index contributed by atoms with van der Waals surface area (Å²) in [7, 11) is 0. The minimum atomic E-state index is -5.13. The topological polar surface area (TPSA) is 67.8 Å². The van der Waals surface area contributed by atoms with Gasteiger partial charge in [0.15, 0.2) is 5.75 Å². The SMILES string of the molecule is CCOC(=O)C#CC1CCC(CN(CC)c2ccc(C(F)(F)F)cc2CN(c2ncc(OCCSC)cn2)C(C)c2cc(C(F)(F)F)cc(C(F)(F)F)c2)CC1. The van der Waals surface area contributed by atoms with Crippen molar-refractivity contribution in [2.75, 3.05) is 48.1 Å². The van der Waals surface area contributed by atoms with Gasteiger partial charge in [0.05, 0.1) is 48.3 Å². The standard InChI is InChI=1S/C39H43F9N4O3S/c1-5-51(23-27-9-7-26(8-10-27)11-14-35(53)54-6-2)34-13-12-30(37(40,41)42)19-29(34)24-52(36-49-21-33(22-50-36)55-15-16-56-4)25(3)28-17-31(38(43,44)45)20-32(18-28)39(46,47)48/h12-13,17-22,25-27H,5-10,15-16,23-24H2,1-4H3. The van der Waals surface area contributed by atoms with Crippen LogP contribution in [-0.2, 0) is 34.6 Å². The number of thioether (sulfide) groups is 1. The molecule has 0 radical (unpaired) electrons. The molecular weight excluding hydrogens is 776 g/mol. The van der Waals surface area contributed by atoms with Gasteiger partial charge >= 0.3 is 24.5 Å². The van der Waals surface area contributed by atoms with Crippen molar-refractivity contribution in [3.63, 3.8) is 0 Å². The highest BCUT2D eigenvalue weighted by atomic mass is 32.2. The molecule has 1 aliphatic carbocycles. The fourth-order valence-electron chi connectivity index (χ4n) is 6.46. The zero-order chi connectivity index (χ0) is 41.3. The Bertz CT molecular complexity index is 1790. The molecule has 0 bridgehead atoms. The molecule has 0 saturated heterocycles. The summed E-state index contributed by atoms with van der Waals surface area (Å²) in [5.41, 5.74) is -3.96. The molecule has 1 heterocycles. The minimum absolute atomic E-state index is 0.0153. The van der Waals surface area contributed by atoms with E-state index in [1.54, 1.807) is 6.92 Å². The number of nitrogens with zero attached hydrogens (tertiary/aromatic N) is 4. The number of anilines is 2. The lowest BCUT2D eigenvalue weighted by Crippen LogP contribution is -2.34. The number of rotatable bonds is 14. The fraction of sp³-hybridized carbons (Fsp3) is 0.513. The molecular formula is C39H43F9N4O3S. The van der Waals surface area contributed by atoms with Crippen LogP contribution in [0.15, 0.2) is 48.8 Å². The average Bonchev–Trinajstić information content (AvgIpc) is 3.14. The number of carbonyl (C=O) groups excluding carboxylic acids is 1. The van der Waals surface area contributed by atoms with Crippen LogP contribution in [0.3, 0.4) is 0 Å². The van der Waals surface area contributed by atoms with Crippen LogP contribution in [-0.4, -0.2) is 54.2 Å². The molecule has 1 unspecified atom stereocenters. The smallest absolute Gasteiger partial charge is 0.416 e. The van der Waals surface area contributed by atoms with Crippen molar-refractivity contribution in [2.24, 2.45) is 11.8 Å². The largest absolute Gasteiger partial charge is 0.489 e. The molecule has 0 aliphatic heterocycles. The molecule has 3 aromatic rings. The Morgan fingerprint density at radius 3 is 2.04 bits per heavy atom. The Hall–Kier alpha value is -4.33. The van der Waals surface area contributed by atoms with E-state index in [1.807, 2.05) is 18.1 Å². The monoisotopic (exact) mass is 818 g/mol. The van der Waals surface area contributed by atoms with Crippen molar-refractivity contribution in [1.29, 1.82) is 0 Å². The number of halogens is 9. The molecule has 0 N–H and O–H groups in total. The predicted octanol–water partition coefficient (Wildman–Crippen LogP) is 10.2. The first-order valence-electron chi connectivity index (χ1n) is 18.0. The van der Waals surface area contributed by atoms with Crippen molar-refractivity contribution >= 4 is 29.4 Å². The number of ether oxygens (including phenoxy) is 2. The second-order valence-electron chi connectivity index (χ2n) is 13.3. The number of aromatic nitrogens is 2. The second kappa shape index (κ2) is 19.2. The molecule has 1 aromatic heterocycles. The summed E-state index contributed by atoms with van der Waals surface area (Å²) in [4.78, 5) is 23.5. The molecule has 1 aliphatic rings. The van der Waals surface area contributed by atoms with Crippen LogP contribution >= 0.6 is 11.8 Å². The van der Waals surface area contributed by atoms with E-state index in [1.165, 1.54) is 42.0 Å². The van der Waals surface area contributed by atoms with E-state index in [-0.39, 0.29) is 41.8 Å². The third kappa shape index (κ3) is 12.3. The number of carbonyl (C=O) groups is 1. The van der Waals surface area contributed by atoms with Gasteiger partial charge in [0.2, 0.25) is 5.95 Å². The van der Waals surface area contributed by atoms with Crippen LogP contribution in [0.5, 0.6) is 5.75 Å². The molecule has 306 valence electrons. The van der Waals surface area contributed by atoms with E-state index in [0.29, 0.717) is 56.1 Å². The van der Waals surface area contributed by atoms with Gasteiger partial charge in [-0.25, -0.2) is 14.8 Å². The zero-order valence-corrected chi connectivity index (χ0v) is 32.1. The van der Waals surface area contributed by atoms with E-state index in [2.05, 4.69) is 21.8 Å². The quantitative estimate of drug-likeness (QED) is 0.0524. The molecule has 0 amide bonds.